The summed E-state index contributed by atoms with van der Waals surface area (Å²) in [7, 11) is 1.58. The Hall–Kier alpha value is -1.48. The van der Waals surface area contributed by atoms with Crippen molar-refractivity contribution in [3.8, 4) is 0 Å². The van der Waals surface area contributed by atoms with Crippen LogP contribution in [0.15, 0.2) is 24.3 Å². The highest BCUT2D eigenvalue weighted by molar-refractivity contribution is 6.45. The maximum absolute atomic E-state index is 11.9. The molecule has 0 aromatic heterocycles. The molecule has 2 rings (SSSR count). The molecule has 1 aliphatic rings. The number of hydrogen-bond donors (Lipinski definition) is 0. The number of fused-ring (bicyclic) bond motifs is 1. The number of ketones is 2. The molecule has 2 atom stereocenters. The summed E-state index contributed by atoms with van der Waals surface area (Å²) in [5.74, 6) is -1.05. The number of benzene rings is 1. The van der Waals surface area contributed by atoms with Crippen LogP contribution in [0.1, 0.15) is 35.4 Å². The van der Waals surface area contributed by atoms with Gasteiger partial charge in [-0.1, -0.05) is 31.2 Å². The molecule has 0 saturated heterocycles. The smallest absolute Gasteiger partial charge is 0.229 e. The van der Waals surface area contributed by atoms with Crippen LogP contribution in [-0.4, -0.2) is 18.7 Å². The summed E-state index contributed by atoms with van der Waals surface area (Å²) in [6.07, 6.45) is 0.337. The highest BCUT2D eigenvalue weighted by atomic mass is 16.5. The van der Waals surface area contributed by atoms with Gasteiger partial charge >= 0.3 is 0 Å². The molecule has 16 heavy (non-hydrogen) atoms. The molecule has 1 aliphatic carbocycles. The third kappa shape index (κ3) is 1.48. The predicted molar refractivity (Wildman–Crippen MR) is 59.3 cm³/mol. The second-order valence-corrected chi connectivity index (χ2v) is 3.95. The van der Waals surface area contributed by atoms with Gasteiger partial charge in [0.15, 0.2) is 0 Å². The number of carbonyl (C=O) groups excluding carboxylic acids is 2. The molecule has 3 nitrogen and oxygen atoms in total. The molecule has 3 heteroatoms. The van der Waals surface area contributed by atoms with E-state index in [0.29, 0.717) is 12.0 Å². The molecule has 1 aromatic carbocycles. The Morgan fingerprint density at radius 3 is 2.56 bits per heavy atom. The average Bonchev–Trinajstić information content (AvgIpc) is 2.33. The first kappa shape index (κ1) is 11.0. The van der Waals surface area contributed by atoms with Crippen molar-refractivity contribution in [3.63, 3.8) is 0 Å². The zero-order valence-corrected chi connectivity index (χ0v) is 9.40. The lowest BCUT2D eigenvalue weighted by molar-refractivity contribution is -0.124. The first-order chi connectivity index (χ1) is 7.70. The van der Waals surface area contributed by atoms with Gasteiger partial charge in [-0.25, -0.2) is 0 Å². The fourth-order valence-electron chi connectivity index (χ4n) is 2.30. The zero-order chi connectivity index (χ0) is 11.7. The Bertz CT molecular complexity index is 437. The first-order valence-electron chi connectivity index (χ1n) is 5.41. The zero-order valence-electron chi connectivity index (χ0n) is 9.40. The van der Waals surface area contributed by atoms with Gasteiger partial charge in [-0.2, -0.15) is 0 Å². The Labute approximate surface area is 94.4 Å². The molecule has 0 aliphatic heterocycles. The van der Waals surface area contributed by atoms with Crippen molar-refractivity contribution >= 4 is 11.6 Å². The number of Topliss-reactive ketones (excluding diaryl/α,β-unsaturated/α-hetero) is 2. The van der Waals surface area contributed by atoms with Crippen LogP contribution in [0.5, 0.6) is 0 Å². The number of carbonyl (C=O) groups is 2. The van der Waals surface area contributed by atoms with E-state index in [1.165, 1.54) is 0 Å². The summed E-state index contributed by atoms with van der Waals surface area (Å²) in [5.41, 5.74) is 1.32. The largest absolute Gasteiger partial charge is 0.376 e. The van der Waals surface area contributed by atoms with E-state index in [0.717, 1.165) is 5.56 Å². The van der Waals surface area contributed by atoms with Crippen LogP contribution in [0.25, 0.3) is 0 Å². The minimum atomic E-state index is -0.379. The van der Waals surface area contributed by atoms with Crippen molar-refractivity contribution in [2.45, 2.75) is 19.4 Å². The van der Waals surface area contributed by atoms with Crippen molar-refractivity contribution in [1.29, 1.82) is 0 Å². The lowest BCUT2D eigenvalue weighted by atomic mass is 9.78. The van der Waals surface area contributed by atoms with Crippen LogP contribution >= 0.6 is 0 Å². The number of ether oxygens (including phenoxy) is 1. The van der Waals surface area contributed by atoms with Gasteiger partial charge in [0.25, 0.3) is 0 Å². The highest BCUT2D eigenvalue weighted by Gasteiger charge is 2.39. The Balaban J connectivity index is 2.57. The van der Waals surface area contributed by atoms with Crippen LogP contribution in [0.3, 0.4) is 0 Å². The van der Waals surface area contributed by atoms with Gasteiger partial charge in [0, 0.05) is 12.7 Å². The number of methoxy groups -OCH3 is 1. The van der Waals surface area contributed by atoms with Crippen LogP contribution in [-0.2, 0) is 9.53 Å². The first-order valence-corrected chi connectivity index (χ1v) is 5.41. The fraction of sp³-hybridized carbons (Fsp3) is 0.385. The molecular weight excluding hydrogens is 204 g/mol. The SMILES string of the molecule is CCC1C(=O)C(=O)c2ccccc2C1OC. The average molecular weight is 218 g/mol. The summed E-state index contributed by atoms with van der Waals surface area (Å²) in [4.78, 5) is 23.7. The fourth-order valence-corrected chi connectivity index (χ4v) is 2.30. The maximum Gasteiger partial charge on any atom is 0.229 e. The van der Waals surface area contributed by atoms with E-state index in [4.69, 9.17) is 4.74 Å². The van der Waals surface area contributed by atoms with Crippen molar-refractivity contribution < 1.29 is 14.3 Å². The van der Waals surface area contributed by atoms with E-state index in [2.05, 4.69) is 0 Å². The van der Waals surface area contributed by atoms with Gasteiger partial charge in [0.2, 0.25) is 11.6 Å². The molecule has 1 aromatic rings. The minimum Gasteiger partial charge on any atom is -0.376 e. The third-order valence-corrected chi connectivity index (χ3v) is 3.13. The standard InChI is InChI=1S/C13H14O3/c1-3-8-11(14)12(15)9-6-4-5-7-10(9)13(8)16-2/h4-8,13H,3H2,1-2H3. The Morgan fingerprint density at radius 2 is 1.94 bits per heavy atom. The maximum atomic E-state index is 11.9. The van der Waals surface area contributed by atoms with Gasteiger partial charge in [-0.15, -0.1) is 0 Å². The van der Waals surface area contributed by atoms with Gasteiger partial charge < -0.3 is 4.74 Å². The van der Waals surface area contributed by atoms with Gasteiger partial charge in [0.05, 0.1) is 12.0 Å². The monoisotopic (exact) mass is 218 g/mol. The lowest BCUT2D eigenvalue weighted by Crippen LogP contribution is -2.35. The van der Waals surface area contributed by atoms with Crippen LogP contribution in [0.2, 0.25) is 0 Å². The van der Waals surface area contributed by atoms with E-state index < -0.39 is 0 Å². The molecule has 0 bridgehead atoms. The quantitative estimate of drug-likeness (QED) is 0.714. The van der Waals surface area contributed by atoms with E-state index >= 15 is 0 Å². The summed E-state index contributed by atoms with van der Waals surface area (Å²) in [5, 5.41) is 0. The van der Waals surface area contributed by atoms with E-state index in [-0.39, 0.29) is 23.6 Å². The number of hydrogen-bond acceptors (Lipinski definition) is 3. The Morgan fingerprint density at radius 1 is 1.25 bits per heavy atom. The topological polar surface area (TPSA) is 43.4 Å². The molecule has 0 fully saturated rings. The van der Waals surface area contributed by atoms with Gasteiger partial charge in [0.1, 0.15) is 0 Å². The van der Waals surface area contributed by atoms with Gasteiger partial charge in [-0.05, 0) is 12.0 Å². The summed E-state index contributed by atoms with van der Waals surface area (Å²) < 4.78 is 5.37. The lowest BCUT2D eigenvalue weighted by Gasteiger charge is -2.29. The second kappa shape index (κ2) is 4.18. The number of rotatable bonds is 2. The summed E-state index contributed by atoms with van der Waals surface area (Å²) >= 11 is 0. The van der Waals surface area contributed by atoms with Crippen molar-refractivity contribution in [2.75, 3.05) is 7.11 Å². The van der Waals surface area contributed by atoms with Gasteiger partial charge in [-0.3, -0.25) is 9.59 Å². The molecule has 0 heterocycles. The van der Waals surface area contributed by atoms with Crippen molar-refractivity contribution in [2.24, 2.45) is 5.92 Å². The molecule has 0 N–H and O–H groups in total. The third-order valence-electron chi connectivity index (χ3n) is 3.13. The predicted octanol–water partition coefficient (Wildman–Crippen LogP) is 2.17. The van der Waals surface area contributed by atoms with Crippen molar-refractivity contribution in [3.05, 3.63) is 35.4 Å². The Kier molecular flexibility index (Phi) is 2.88. The summed E-state index contributed by atoms with van der Waals surface area (Å²) in [6, 6.07) is 7.17. The van der Waals surface area contributed by atoms with Crippen LogP contribution < -0.4 is 0 Å². The molecule has 84 valence electrons. The normalized spacial score (nSPS) is 24.4. The molecule has 0 radical (unpaired) electrons. The van der Waals surface area contributed by atoms with E-state index in [1.807, 2.05) is 19.1 Å². The molecule has 0 spiro atoms. The van der Waals surface area contributed by atoms with Crippen LogP contribution in [0, 0.1) is 5.92 Å². The highest BCUT2D eigenvalue weighted by Crippen LogP contribution is 2.36. The molecule has 0 saturated carbocycles. The van der Waals surface area contributed by atoms with Crippen LogP contribution in [0.4, 0.5) is 0 Å². The molecule has 2 unspecified atom stereocenters. The second-order valence-electron chi connectivity index (χ2n) is 3.95. The van der Waals surface area contributed by atoms with Crippen molar-refractivity contribution in [1.82, 2.24) is 0 Å². The van der Waals surface area contributed by atoms with E-state index in [1.54, 1.807) is 19.2 Å². The minimum absolute atomic E-state index is 0.286. The van der Waals surface area contributed by atoms with E-state index in [9.17, 15) is 9.59 Å². The molecular formula is C13H14O3. The molecule has 0 amide bonds. The summed E-state index contributed by atoms with van der Waals surface area (Å²) in [6.45, 7) is 1.90.